The molecule has 0 atom stereocenters. The van der Waals surface area contributed by atoms with Crippen LogP contribution in [0.1, 0.15) is 11.1 Å². The molecule has 0 amide bonds. The summed E-state index contributed by atoms with van der Waals surface area (Å²) >= 11 is 0. The number of nitrogens with zero attached hydrogens (tertiary/aromatic N) is 3. The van der Waals surface area contributed by atoms with Gasteiger partial charge in [0.2, 0.25) is 6.20 Å². The van der Waals surface area contributed by atoms with Gasteiger partial charge in [-0.15, -0.1) is 9.36 Å². The van der Waals surface area contributed by atoms with E-state index in [-0.39, 0.29) is 0 Å². The topological polar surface area (TPSA) is 21.7 Å². The van der Waals surface area contributed by atoms with E-state index < -0.39 is 0 Å². The van der Waals surface area contributed by atoms with Crippen LogP contribution >= 0.6 is 0 Å². The van der Waals surface area contributed by atoms with Crippen molar-refractivity contribution in [3.63, 3.8) is 0 Å². The molecule has 0 unspecified atom stereocenters. The van der Waals surface area contributed by atoms with Crippen molar-refractivity contribution in [3.8, 4) is 5.69 Å². The third kappa shape index (κ3) is 1.06. The minimum atomic E-state index is 0.943. The lowest BCUT2D eigenvalue weighted by Gasteiger charge is -1.99. The van der Waals surface area contributed by atoms with E-state index in [2.05, 4.69) is 51.7 Å². The van der Waals surface area contributed by atoms with Crippen molar-refractivity contribution in [1.29, 1.82) is 0 Å². The Kier molecular flexibility index (Phi) is 1.55. The molecule has 0 radical (unpaired) electrons. The average Bonchev–Trinajstić information content (AvgIpc) is 2.85. The largest absolute Gasteiger partial charge is 0.248 e. The Morgan fingerprint density at radius 3 is 3.12 bits per heavy atom. The Morgan fingerprint density at radius 2 is 2.18 bits per heavy atom. The normalized spacial score (nSPS) is 12.8. The first-order chi connectivity index (χ1) is 8.34. The van der Waals surface area contributed by atoms with Crippen molar-refractivity contribution < 1.29 is 4.68 Å². The zero-order valence-electron chi connectivity index (χ0n) is 9.59. The first-order valence-electron chi connectivity index (χ1n) is 5.80. The van der Waals surface area contributed by atoms with Crippen LogP contribution in [0.3, 0.4) is 0 Å². The molecule has 1 aliphatic heterocycles. The van der Waals surface area contributed by atoms with Gasteiger partial charge >= 0.3 is 0 Å². The molecule has 0 bridgehead atoms. The Labute approximate surface area is 98.9 Å². The van der Waals surface area contributed by atoms with Crippen molar-refractivity contribution in [1.82, 2.24) is 9.67 Å². The Bertz CT molecular complexity index is 740. The van der Waals surface area contributed by atoms with Gasteiger partial charge in [-0.2, -0.15) is 0 Å². The third-order valence-corrected chi connectivity index (χ3v) is 3.51. The molecule has 3 heterocycles. The van der Waals surface area contributed by atoms with Crippen LogP contribution in [0, 0.1) is 6.92 Å². The van der Waals surface area contributed by atoms with Gasteiger partial charge in [-0.3, -0.25) is 0 Å². The van der Waals surface area contributed by atoms with Crippen molar-refractivity contribution in [2.75, 3.05) is 0 Å². The number of benzene rings is 1. The predicted molar refractivity (Wildman–Crippen MR) is 65.1 cm³/mol. The number of rotatable bonds is 0. The number of hydrogen-bond donors (Lipinski definition) is 0. The first-order valence-corrected chi connectivity index (χ1v) is 5.80. The molecule has 3 nitrogen and oxygen atoms in total. The molecule has 0 saturated carbocycles. The molecule has 0 N–H and O–H groups in total. The lowest BCUT2D eigenvalue weighted by molar-refractivity contribution is -0.749. The summed E-state index contributed by atoms with van der Waals surface area (Å²) in [6, 6.07) is 10.6. The Morgan fingerprint density at radius 1 is 1.24 bits per heavy atom. The van der Waals surface area contributed by atoms with Gasteiger partial charge in [0.1, 0.15) is 11.2 Å². The Balaban J connectivity index is 2.14. The molecular formula is C14H12N3+. The molecule has 0 fully saturated rings. The number of hydrogen-bond acceptors (Lipinski definition) is 1. The van der Waals surface area contributed by atoms with Crippen molar-refractivity contribution in [2.45, 2.75) is 13.5 Å². The third-order valence-electron chi connectivity index (χ3n) is 3.51. The number of aromatic nitrogens is 3. The standard InChI is InChI=1S/C14H12N3/c1-10-4-2-5-13-11(10)8-16-9-12-14(17(13)16)6-3-7-15-12/h2-7,9H,8H2,1H3/q+1. The highest BCUT2D eigenvalue weighted by Crippen LogP contribution is 2.25. The van der Waals surface area contributed by atoms with Crippen LogP contribution in [0.25, 0.3) is 16.7 Å². The summed E-state index contributed by atoms with van der Waals surface area (Å²) in [4.78, 5) is 4.40. The van der Waals surface area contributed by atoms with Crippen LogP contribution in [0.2, 0.25) is 0 Å². The highest BCUT2D eigenvalue weighted by molar-refractivity contribution is 5.75. The van der Waals surface area contributed by atoms with E-state index in [1.807, 2.05) is 12.3 Å². The van der Waals surface area contributed by atoms with Crippen molar-refractivity contribution in [2.24, 2.45) is 0 Å². The maximum Gasteiger partial charge on any atom is 0.222 e. The molecule has 0 spiro atoms. The molecule has 3 aromatic rings. The summed E-state index contributed by atoms with van der Waals surface area (Å²) in [5.74, 6) is 0. The molecular weight excluding hydrogens is 210 g/mol. The summed E-state index contributed by atoms with van der Waals surface area (Å²) in [7, 11) is 0. The molecule has 82 valence electrons. The van der Waals surface area contributed by atoms with E-state index in [1.165, 1.54) is 22.3 Å². The second-order valence-electron chi connectivity index (χ2n) is 4.52. The van der Waals surface area contributed by atoms with E-state index in [9.17, 15) is 0 Å². The highest BCUT2D eigenvalue weighted by Gasteiger charge is 2.29. The van der Waals surface area contributed by atoms with Gasteiger partial charge in [-0.1, -0.05) is 12.1 Å². The molecule has 0 aliphatic carbocycles. The van der Waals surface area contributed by atoms with E-state index in [0.29, 0.717) is 0 Å². The zero-order valence-corrected chi connectivity index (χ0v) is 9.59. The molecule has 0 saturated heterocycles. The fraction of sp³-hybridized carbons (Fsp3) is 0.143. The number of fused-ring (bicyclic) bond motifs is 5. The summed E-state index contributed by atoms with van der Waals surface area (Å²) in [6.07, 6.45) is 3.96. The van der Waals surface area contributed by atoms with Crippen LogP contribution in [0.4, 0.5) is 0 Å². The zero-order chi connectivity index (χ0) is 11.4. The maximum absolute atomic E-state index is 4.40. The molecule has 1 aromatic carbocycles. The van der Waals surface area contributed by atoms with Gasteiger partial charge in [0.15, 0.2) is 12.1 Å². The van der Waals surface area contributed by atoms with Gasteiger partial charge in [0.25, 0.3) is 0 Å². The minimum absolute atomic E-state index is 0.943. The van der Waals surface area contributed by atoms with E-state index >= 15 is 0 Å². The van der Waals surface area contributed by atoms with Gasteiger partial charge in [0, 0.05) is 6.20 Å². The summed E-state index contributed by atoms with van der Waals surface area (Å²) in [6.45, 7) is 3.12. The van der Waals surface area contributed by atoms with Gasteiger partial charge in [-0.05, 0) is 30.7 Å². The van der Waals surface area contributed by atoms with Crippen LogP contribution in [-0.4, -0.2) is 9.67 Å². The van der Waals surface area contributed by atoms with Gasteiger partial charge < -0.3 is 0 Å². The van der Waals surface area contributed by atoms with Gasteiger partial charge in [0.05, 0.1) is 5.56 Å². The van der Waals surface area contributed by atoms with E-state index in [0.717, 1.165) is 12.1 Å². The SMILES string of the molecule is Cc1cccc2c1C[n+]1cc3ncccc3n1-2. The van der Waals surface area contributed by atoms with E-state index in [4.69, 9.17) is 0 Å². The minimum Gasteiger partial charge on any atom is -0.248 e. The quantitative estimate of drug-likeness (QED) is 0.417. The number of pyridine rings is 1. The summed E-state index contributed by atoms with van der Waals surface area (Å²) in [5, 5.41) is 0. The van der Waals surface area contributed by atoms with Crippen LogP contribution in [-0.2, 0) is 6.54 Å². The Hall–Kier alpha value is -2.16. The summed E-state index contributed by atoms with van der Waals surface area (Å²) in [5.41, 5.74) is 6.29. The predicted octanol–water partition coefficient (Wildman–Crippen LogP) is 1.98. The summed E-state index contributed by atoms with van der Waals surface area (Å²) < 4.78 is 4.49. The molecule has 17 heavy (non-hydrogen) atoms. The molecule has 1 aliphatic rings. The average molecular weight is 222 g/mol. The smallest absolute Gasteiger partial charge is 0.222 e. The second kappa shape index (κ2) is 2.94. The lowest BCUT2D eigenvalue weighted by Crippen LogP contribution is -2.36. The van der Waals surface area contributed by atoms with Crippen LogP contribution in [0.15, 0.2) is 42.7 Å². The van der Waals surface area contributed by atoms with Gasteiger partial charge in [-0.25, -0.2) is 4.98 Å². The van der Waals surface area contributed by atoms with Crippen LogP contribution in [0.5, 0.6) is 0 Å². The van der Waals surface area contributed by atoms with Crippen molar-refractivity contribution >= 4 is 11.0 Å². The fourth-order valence-corrected chi connectivity index (χ4v) is 2.66. The monoisotopic (exact) mass is 222 g/mol. The van der Waals surface area contributed by atoms with E-state index in [1.54, 1.807) is 0 Å². The fourth-order valence-electron chi connectivity index (χ4n) is 2.66. The first kappa shape index (κ1) is 8.93. The molecule has 3 heteroatoms. The maximum atomic E-state index is 4.40. The second-order valence-corrected chi connectivity index (χ2v) is 4.52. The lowest BCUT2D eigenvalue weighted by atomic mass is 10.1. The molecule has 4 rings (SSSR count). The highest BCUT2D eigenvalue weighted by atomic mass is 15.4. The van der Waals surface area contributed by atoms with Crippen LogP contribution < -0.4 is 4.68 Å². The van der Waals surface area contributed by atoms with Crippen molar-refractivity contribution in [3.05, 3.63) is 53.9 Å². The number of aryl methyl sites for hydroxylation is 1. The molecule has 2 aromatic heterocycles.